The normalized spacial score (nSPS) is 10.9. The zero-order valence-electron chi connectivity index (χ0n) is 84.5. The van der Waals surface area contributed by atoms with Crippen molar-refractivity contribution in [2.75, 3.05) is 0 Å². The molecule has 0 spiro atoms. The summed E-state index contributed by atoms with van der Waals surface area (Å²) in [6.07, 6.45) is 0. The summed E-state index contributed by atoms with van der Waals surface area (Å²) < 4.78 is 0. The van der Waals surface area contributed by atoms with Gasteiger partial charge in [-0.1, -0.05) is 497 Å². The van der Waals surface area contributed by atoms with Gasteiger partial charge in [-0.25, -0.2) is 0 Å². The van der Waals surface area contributed by atoms with Gasteiger partial charge in [-0.15, -0.1) is 0 Å². The van der Waals surface area contributed by atoms with Crippen molar-refractivity contribution in [2.45, 2.75) is 83.1 Å². The summed E-state index contributed by atoms with van der Waals surface area (Å²) in [7, 11) is 0. The van der Waals surface area contributed by atoms with E-state index in [1.54, 1.807) is 0 Å². The first-order valence-electron chi connectivity index (χ1n) is 50.2. The highest BCUT2D eigenvalue weighted by atomic mass is 14.2. The first-order chi connectivity index (χ1) is 70.1. The van der Waals surface area contributed by atoms with Crippen LogP contribution >= 0.6 is 0 Å². The van der Waals surface area contributed by atoms with Crippen LogP contribution in [0.5, 0.6) is 0 Å². The van der Waals surface area contributed by atoms with Gasteiger partial charge in [0.15, 0.2) is 0 Å². The predicted octanol–water partition coefficient (Wildman–Crippen LogP) is 40.5. The Morgan fingerprint density at radius 2 is 0.201 bits per heavy atom. The van der Waals surface area contributed by atoms with Crippen LogP contribution in [0.3, 0.4) is 0 Å². The summed E-state index contributed by atoms with van der Waals surface area (Å²) in [5.41, 5.74) is 60.1. The zero-order valence-corrected chi connectivity index (χ0v) is 84.5. The average molecular weight is 1850 g/mol. The van der Waals surface area contributed by atoms with E-state index in [4.69, 9.17) is 0 Å². The smallest absolute Gasteiger partial charge is 0.0105 e. The summed E-state index contributed by atoms with van der Waals surface area (Å²) >= 11 is 0. The molecule has 0 unspecified atom stereocenters. The van der Waals surface area contributed by atoms with Crippen molar-refractivity contribution in [2.24, 2.45) is 0 Å². The van der Waals surface area contributed by atoms with E-state index in [1.165, 1.54) is 267 Å². The fourth-order valence-electron chi connectivity index (χ4n) is 20.1. The van der Waals surface area contributed by atoms with Gasteiger partial charge in [-0.2, -0.15) is 0 Å². The maximum Gasteiger partial charge on any atom is -0.0105 e. The van der Waals surface area contributed by atoms with Crippen molar-refractivity contribution in [3.8, 4) is 200 Å². The Balaban J connectivity index is 0.000000123. The molecule has 0 bridgehead atoms. The molecule has 22 rings (SSSR count). The second kappa shape index (κ2) is 44.1. The molecular weight excluding hydrogens is 1730 g/mol. The van der Waals surface area contributed by atoms with E-state index in [2.05, 4.69) is 593 Å². The first-order valence-corrected chi connectivity index (χ1v) is 50.2. The molecule has 22 aromatic carbocycles. The topological polar surface area (TPSA) is 0 Å². The van der Waals surface area contributed by atoms with Crippen LogP contribution in [0.2, 0.25) is 0 Å². The van der Waals surface area contributed by atoms with E-state index in [1.807, 2.05) is 0 Å². The molecular formula is C144H120. The van der Waals surface area contributed by atoms with Gasteiger partial charge in [0.05, 0.1) is 0 Å². The Bertz CT molecular complexity index is 8250. The lowest BCUT2D eigenvalue weighted by atomic mass is 9.90. The largest absolute Gasteiger partial charge is 0.0622 e. The minimum absolute atomic E-state index is 1.21. The molecule has 0 saturated carbocycles. The second-order valence-corrected chi connectivity index (χ2v) is 39.1. The first kappa shape index (κ1) is 95.7. The van der Waals surface area contributed by atoms with Gasteiger partial charge < -0.3 is 0 Å². The molecule has 0 fully saturated rings. The van der Waals surface area contributed by atoms with Crippen LogP contribution in [-0.2, 0) is 0 Å². The number of rotatable bonds is 18. The quantitative estimate of drug-likeness (QED) is 0.0803. The van der Waals surface area contributed by atoms with Crippen molar-refractivity contribution < 1.29 is 0 Å². The number of hydrogen-bond acceptors (Lipinski definition) is 0. The Hall–Kier alpha value is -17.2. The highest BCUT2D eigenvalue weighted by Gasteiger charge is 2.18. The Morgan fingerprint density at radius 3 is 0.438 bits per heavy atom. The third-order valence-electron chi connectivity index (χ3n) is 27.1. The molecule has 0 heteroatoms. The van der Waals surface area contributed by atoms with Crippen LogP contribution in [0.15, 0.2) is 510 Å². The summed E-state index contributed by atoms with van der Waals surface area (Å²) in [6, 6.07) is 186. The fraction of sp³-hybridized carbons (Fsp3) is 0.0833. The lowest BCUT2D eigenvalue weighted by molar-refractivity contribution is 1.38. The van der Waals surface area contributed by atoms with Gasteiger partial charge in [0.2, 0.25) is 0 Å². The standard InChI is InChI=1S/C45H36.3C33H28/c1-31-14-16-36(17-15-31)42-25-40(34-10-6-4-7-11-34)26-43(28-42)37-18-20-38(21-19-37)44-27-41(35-12-8-5-9-13-35)29-45(30-44)39-23-32(2)22-33(3)24-39;1-23-8-4-9-26(17-23)27-10-5-11-28(20-27)29-12-6-13-30(21-29)31-14-7-15-32(22-31)33-18-24(2)16-25(3)19-33;1-23-7-4-8-28(18-23)31-11-5-9-29(21-31)26-13-15-27(16-14-26)30-10-6-12-32(22-30)33-19-24(2)17-25(3)20-33;1-23-9-6-10-26(18-23)27-11-7-13-29(21-27)32-15-4-5-16-33(32)30-14-8-12-28(22-30)31-19-24(2)17-25(3)20-31/h4-30H,1-3H3;3*4-22H,1-3H3. The molecule has 0 nitrogen and oxygen atoms in total. The molecule has 144 heavy (non-hydrogen) atoms. The van der Waals surface area contributed by atoms with Gasteiger partial charge in [0, 0.05) is 0 Å². The Labute approximate surface area is 853 Å². The van der Waals surface area contributed by atoms with Crippen molar-refractivity contribution in [1.29, 1.82) is 0 Å². The molecule has 0 radical (unpaired) electrons. The van der Waals surface area contributed by atoms with Gasteiger partial charge in [-0.3, -0.25) is 0 Å². The molecule has 22 aromatic rings. The molecule has 0 amide bonds. The third kappa shape index (κ3) is 23.8. The summed E-state index contributed by atoms with van der Waals surface area (Å²) in [6.45, 7) is 25.9. The second-order valence-electron chi connectivity index (χ2n) is 39.1. The molecule has 696 valence electrons. The maximum atomic E-state index is 2.33. The van der Waals surface area contributed by atoms with E-state index >= 15 is 0 Å². The zero-order chi connectivity index (χ0) is 99.1. The van der Waals surface area contributed by atoms with Crippen molar-refractivity contribution in [3.05, 3.63) is 576 Å². The third-order valence-corrected chi connectivity index (χ3v) is 27.1. The van der Waals surface area contributed by atoms with Gasteiger partial charge in [-0.05, 0) is 362 Å². The number of benzene rings is 22. The summed E-state index contributed by atoms with van der Waals surface area (Å²) in [5, 5.41) is 0. The van der Waals surface area contributed by atoms with Crippen molar-refractivity contribution in [3.63, 3.8) is 0 Å². The number of hydrogen-bond donors (Lipinski definition) is 0. The van der Waals surface area contributed by atoms with Crippen molar-refractivity contribution in [1.82, 2.24) is 0 Å². The fourth-order valence-corrected chi connectivity index (χ4v) is 20.1. The van der Waals surface area contributed by atoms with Crippen LogP contribution in [0.25, 0.3) is 200 Å². The molecule has 0 aliphatic rings. The lowest BCUT2D eigenvalue weighted by Gasteiger charge is -2.14. The molecule has 0 aliphatic heterocycles. The average Bonchev–Trinajstić information content (AvgIpc) is 0.792. The monoisotopic (exact) mass is 1850 g/mol. The maximum absolute atomic E-state index is 2.33. The minimum Gasteiger partial charge on any atom is -0.0622 e. The molecule has 0 atom stereocenters. The molecule has 0 saturated heterocycles. The van der Waals surface area contributed by atoms with E-state index < -0.39 is 0 Å². The van der Waals surface area contributed by atoms with E-state index in [9.17, 15) is 0 Å². The van der Waals surface area contributed by atoms with Gasteiger partial charge in [0.1, 0.15) is 0 Å². The highest BCUT2D eigenvalue weighted by molar-refractivity contribution is 5.90. The lowest BCUT2D eigenvalue weighted by Crippen LogP contribution is -1.89. The van der Waals surface area contributed by atoms with Crippen LogP contribution < -0.4 is 0 Å². The van der Waals surface area contributed by atoms with Gasteiger partial charge >= 0.3 is 0 Å². The molecule has 0 aliphatic carbocycles. The van der Waals surface area contributed by atoms with Crippen LogP contribution in [0, 0.1) is 83.1 Å². The Morgan fingerprint density at radius 1 is 0.0694 bits per heavy atom. The van der Waals surface area contributed by atoms with Crippen LogP contribution in [0.4, 0.5) is 0 Å². The van der Waals surface area contributed by atoms with Crippen LogP contribution in [-0.4, -0.2) is 0 Å². The minimum atomic E-state index is 1.21. The molecule has 0 N–H and O–H groups in total. The number of aryl methyl sites for hydroxylation is 12. The van der Waals surface area contributed by atoms with E-state index in [0.29, 0.717) is 0 Å². The summed E-state index contributed by atoms with van der Waals surface area (Å²) in [5.74, 6) is 0. The van der Waals surface area contributed by atoms with Gasteiger partial charge in [0.25, 0.3) is 0 Å². The highest BCUT2D eigenvalue weighted by Crippen LogP contribution is 2.43. The molecule has 0 aromatic heterocycles. The SMILES string of the molecule is Cc1ccc(-c2cc(-c3ccccc3)cc(-c3ccc(-c4cc(-c5ccccc5)cc(-c5cc(C)cc(C)c5)c4)cc3)c2)cc1.Cc1cccc(-c2cccc(-c3ccc(-c4cccc(-c5cc(C)cc(C)c5)c4)cc3)c2)c1.Cc1cccc(-c2cccc(-c3cccc(-c4cccc(-c5cc(C)cc(C)c5)c4)c3)c2)c1.Cc1cccc(-c2cccc(-c3ccccc3-c3cccc(-c4cc(C)cc(C)c4)c3)c2)c1. The van der Waals surface area contributed by atoms with E-state index in [0.717, 1.165) is 0 Å². The summed E-state index contributed by atoms with van der Waals surface area (Å²) in [4.78, 5) is 0. The van der Waals surface area contributed by atoms with Crippen LogP contribution in [0.1, 0.15) is 66.8 Å². The Kier molecular flexibility index (Phi) is 29.3. The molecule has 0 heterocycles. The van der Waals surface area contributed by atoms with Crippen molar-refractivity contribution >= 4 is 0 Å². The van der Waals surface area contributed by atoms with E-state index in [-0.39, 0.29) is 0 Å². The predicted molar refractivity (Wildman–Crippen MR) is 620 cm³/mol.